The molecule has 1 saturated heterocycles. The summed E-state index contributed by atoms with van der Waals surface area (Å²) in [6, 6.07) is 3.21. The van der Waals surface area contributed by atoms with Gasteiger partial charge in [0.15, 0.2) is 6.29 Å². The van der Waals surface area contributed by atoms with Gasteiger partial charge in [0.05, 0.1) is 25.6 Å². The number of aliphatic hydroxyl groups excluding tert-OH is 4. The molecular formula is C28H34N2O12. The number of aliphatic hydroxyl groups is 4. The Hall–Kier alpha value is -3.50. The minimum absolute atomic E-state index is 0.0338. The number of nitrogens with one attached hydrogen (secondary N) is 2. The maximum Gasteiger partial charge on any atom is 0.337 e. The lowest BCUT2D eigenvalue weighted by molar-refractivity contribution is -0.339. The van der Waals surface area contributed by atoms with Gasteiger partial charge in [0.2, 0.25) is 6.29 Å². The quantitative estimate of drug-likeness (QED) is 0.144. The van der Waals surface area contributed by atoms with Gasteiger partial charge in [-0.05, 0) is 30.2 Å². The number of aliphatic carboxylic acids is 1. The van der Waals surface area contributed by atoms with Crippen LogP contribution in [0.1, 0.15) is 23.7 Å². The highest BCUT2D eigenvalue weighted by molar-refractivity contribution is 5.89. The molecule has 4 heterocycles. The molecule has 1 aromatic heterocycles. The summed E-state index contributed by atoms with van der Waals surface area (Å²) in [7, 11) is 1.21. The van der Waals surface area contributed by atoms with Gasteiger partial charge in [-0.15, -0.1) is 6.58 Å². The van der Waals surface area contributed by atoms with Gasteiger partial charge >= 0.3 is 11.9 Å². The summed E-state index contributed by atoms with van der Waals surface area (Å²) in [5.74, 6) is -3.21. The summed E-state index contributed by atoms with van der Waals surface area (Å²) < 4.78 is 22.0. The van der Waals surface area contributed by atoms with Crippen molar-refractivity contribution in [3.8, 4) is 5.75 Å². The number of aromatic nitrogens is 1. The Balaban J connectivity index is 1.48. The van der Waals surface area contributed by atoms with E-state index in [2.05, 4.69) is 16.9 Å². The zero-order valence-corrected chi connectivity index (χ0v) is 22.6. The van der Waals surface area contributed by atoms with Crippen LogP contribution in [0.2, 0.25) is 0 Å². The number of carbonyl (C=O) groups excluding carboxylic acids is 1. The Morgan fingerprint density at radius 2 is 1.93 bits per heavy atom. The highest BCUT2D eigenvalue weighted by Gasteiger charge is 2.48. The van der Waals surface area contributed by atoms with Crippen LogP contribution in [0.25, 0.3) is 10.9 Å². The molecule has 1 fully saturated rings. The van der Waals surface area contributed by atoms with Crippen LogP contribution in [0.5, 0.6) is 5.75 Å². The van der Waals surface area contributed by atoms with E-state index in [0.717, 1.165) is 11.8 Å². The van der Waals surface area contributed by atoms with Crippen LogP contribution in [0.15, 0.2) is 42.7 Å². The molecule has 3 aliphatic heterocycles. The van der Waals surface area contributed by atoms with E-state index in [-0.39, 0.29) is 24.2 Å². The molecule has 0 amide bonds. The minimum Gasteiger partial charge on any atom is -0.508 e. The first-order valence-electron chi connectivity index (χ1n) is 13.4. The monoisotopic (exact) mass is 590 g/mol. The van der Waals surface area contributed by atoms with Crippen molar-refractivity contribution in [3.05, 3.63) is 53.9 Å². The SMILES string of the molecule is C=C[C@H]1[C@H](O[C@@H]2O[C@H](CO)[C@@H](O)[C@H](O)[C@H]2O)OC=C(C(=O)OC)[C@H]1C[C@@H]1N[C@H](C(=O)O)Cc2c1[nH]c1ccc(O)cc21. The highest BCUT2D eigenvalue weighted by atomic mass is 16.8. The lowest BCUT2D eigenvalue weighted by Gasteiger charge is -2.43. The van der Waals surface area contributed by atoms with Crippen molar-refractivity contribution in [2.75, 3.05) is 13.7 Å². The molecular weight excluding hydrogens is 556 g/mol. The Labute approximate surface area is 239 Å². The van der Waals surface area contributed by atoms with E-state index in [4.69, 9.17) is 18.9 Å². The van der Waals surface area contributed by atoms with Crippen molar-refractivity contribution in [2.24, 2.45) is 11.8 Å². The van der Waals surface area contributed by atoms with E-state index >= 15 is 0 Å². The van der Waals surface area contributed by atoms with Gasteiger partial charge in [0.1, 0.15) is 36.2 Å². The van der Waals surface area contributed by atoms with Gasteiger partial charge < -0.3 is 54.6 Å². The number of carboxylic acid groups (broad SMARTS) is 1. The molecule has 5 rings (SSSR count). The molecule has 0 spiro atoms. The lowest BCUT2D eigenvalue weighted by atomic mass is 9.77. The molecule has 10 atom stereocenters. The molecule has 14 nitrogen and oxygen atoms in total. The predicted molar refractivity (Wildman–Crippen MR) is 143 cm³/mol. The fourth-order valence-corrected chi connectivity index (χ4v) is 5.99. The van der Waals surface area contributed by atoms with Crippen molar-refractivity contribution in [2.45, 2.75) is 61.9 Å². The Morgan fingerprint density at radius 1 is 1.17 bits per heavy atom. The zero-order valence-electron chi connectivity index (χ0n) is 22.6. The number of carbonyl (C=O) groups is 2. The topological polar surface area (TPSA) is 220 Å². The van der Waals surface area contributed by atoms with Gasteiger partial charge in [-0.25, -0.2) is 4.79 Å². The Morgan fingerprint density at radius 3 is 2.60 bits per heavy atom. The summed E-state index contributed by atoms with van der Waals surface area (Å²) in [4.78, 5) is 28.3. The third-order valence-electron chi connectivity index (χ3n) is 8.19. The lowest BCUT2D eigenvalue weighted by Crippen LogP contribution is -2.60. The predicted octanol–water partition coefficient (Wildman–Crippen LogP) is -0.448. The standard InChI is InChI=1S/C28H34N2O12/c1-3-12-13(7-18-21-15(8-19(29-18)25(36)37)14-6-11(32)4-5-17(14)30-21)16(26(38)39-2)10-40-27(12)42-28-24(35)23(34)22(33)20(9-31)41-28/h3-6,10,12-13,18-20,22-24,27-35H,1,7-9H2,2H3,(H,36,37)/t12-,13+,18+,19+,20-,22-,23+,24-,27+,28+/m1/s1. The molecule has 2 aromatic rings. The van der Waals surface area contributed by atoms with Crippen molar-refractivity contribution in [1.29, 1.82) is 0 Å². The maximum atomic E-state index is 12.8. The van der Waals surface area contributed by atoms with E-state index in [1.54, 1.807) is 12.1 Å². The molecule has 42 heavy (non-hydrogen) atoms. The number of esters is 1. The first kappa shape index (κ1) is 30.0. The zero-order chi connectivity index (χ0) is 30.3. The fraction of sp³-hybridized carbons (Fsp3) is 0.500. The summed E-state index contributed by atoms with van der Waals surface area (Å²) in [5, 5.41) is 64.1. The van der Waals surface area contributed by atoms with E-state index in [9.17, 15) is 40.2 Å². The number of fused-ring (bicyclic) bond motifs is 3. The molecule has 0 aliphatic carbocycles. The van der Waals surface area contributed by atoms with E-state index in [1.165, 1.54) is 19.3 Å². The number of hydrogen-bond donors (Lipinski definition) is 8. The average molecular weight is 591 g/mol. The number of carboxylic acids is 1. The summed E-state index contributed by atoms with van der Waals surface area (Å²) in [6.45, 7) is 3.22. The van der Waals surface area contributed by atoms with Gasteiger partial charge in [-0.2, -0.15) is 0 Å². The van der Waals surface area contributed by atoms with Gasteiger partial charge in [-0.3, -0.25) is 10.1 Å². The molecule has 8 N–H and O–H groups in total. The largest absolute Gasteiger partial charge is 0.508 e. The smallest absolute Gasteiger partial charge is 0.337 e. The molecule has 0 unspecified atom stereocenters. The first-order chi connectivity index (χ1) is 20.1. The van der Waals surface area contributed by atoms with Crippen LogP contribution in [-0.2, 0) is 35.0 Å². The number of rotatable bonds is 8. The van der Waals surface area contributed by atoms with Crippen molar-refractivity contribution in [1.82, 2.24) is 10.3 Å². The number of hydrogen-bond acceptors (Lipinski definition) is 12. The van der Waals surface area contributed by atoms with Crippen molar-refractivity contribution in [3.63, 3.8) is 0 Å². The van der Waals surface area contributed by atoms with E-state index in [1.807, 2.05) is 0 Å². The maximum absolute atomic E-state index is 12.8. The van der Waals surface area contributed by atoms with Crippen LogP contribution in [0.4, 0.5) is 0 Å². The molecule has 0 bridgehead atoms. The minimum atomic E-state index is -1.69. The van der Waals surface area contributed by atoms with Gasteiger partial charge in [0.25, 0.3) is 0 Å². The Bertz CT molecular complexity index is 1370. The molecule has 0 radical (unpaired) electrons. The fourth-order valence-electron chi connectivity index (χ4n) is 5.99. The second kappa shape index (κ2) is 12.0. The number of phenolic OH excluding ortho intramolecular Hbond substituents is 1. The number of phenols is 1. The number of aromatic hydroxyl groups is 1. The normalized spacial score (nSPS) is 34.6. The van der Waals surface area contributed by atoms with Crippen LogP contribution < -0.4 is 5.32 Å². The molecule has 1 aromatic carbocycles. The van der Waals surface area contributed by atoms with Crippen LogP contribution in [0, 0.1) is 11.8 Å². The van der Waals surface area contributed by atoms with Gasteiger partial charge in [0, 0.05) is 40.9 Å². The molecule has 0 saturated carbocycles. The van der Waals surface area contributed by atoms with Crippen LogP contribution >= 0.6 is 0 Å². The van der Waals surface area contributed by atoms with E-state index < -0.39 is 79.5 Å². The first-order valence-corrected chi connectivity index (χ1v) is 13.4. The molecule has 14 heteroatoms. The van der Waals surface area contributed by atoms with E-state index in [0.29, 0.717) is 16.6 Å². The average Bonchev–Trinajstić information content (AvgIpc) is 3.35. The number of methoxy groups -OCH3 is 1. The summed E-state index contributed by atoms with van der Waals surface area (Å²) in [6.07, 6.45) is -5.95. The number of ether oxygens (including phenoxy) is 4. The second-order valence-electron chi connectivity index (χ2n) is 10.6. The third-order valence-corrected chi connectivity index (χ3v) is 8.19. The summed E-state index contributed by atoms with van der Waals surface area (Å²) >= 11 is 0. The number of benzene rings is 1. The second-order valence-corrected chi connectivity index (χ2v) is 10.6. The molecule has 228 valence electrons. The summed E-state index contributed by atoms with van der Waals surface area (Å²) in [5.41, 5.74) is 2.25. The van der Waals surface area contributed by atoms with Crippen molar-refractivity contribution < 1.29 is 59.2 Å². The van der Waals surface area contributed by atoms with Gasteiger partial charge in [-0.1, -0.05) is 6.08 Å². The number of H-pyrrole nitrogens is 1. The number of aromatic amines is 1. The van der Waals surface area contributed by atoms with Crippen LogP contribution in [-0.4, -0.2) is 104 Å². The molecule has 3 aliphatic rings. The van der Waals surface area contributed by atoms with Crippen molar-refractivity contribution >= 4 is 22.8 Å². The van der Waals surface area contributed by atoms with Crippen LogP contribution in [0.3, 0.4) is 0 Å². The Kier molecular flexibility index (Phi) is 8.57. The third kappa shape index (κ3) is 5.38. The highest BCUT2D eigenvalue weighted by Crippen LogP contribution is 2.43.